The van der Waals surface area contributed by atoms with Crippen LogP contribution >= 0.6 is 0 Å². The molecule has 0 amide bonds. The largest absolute Gasteiger partial charge is 0.398 e. The SMILES string of the molecule is CC(NS(=O)(=O)C(C)(C)C)c1ccccc1N. The fourth-order valence-electron chi connectivity index (χ4n) is 1.38. The maximum absolute atomic E-state index is 12.0. The minimum atomic E-state index is -3.37. The van der Waals surface area contributed by atoms with Gasteiger partial charge in [-0.1, -0.05) is 18.2 Å². The van der Waals surface area contributed by atoms with E-state index >= 15 is 0 Å². The third-order valence-corrected chi connectivity index (χ3v) is 4.88. The Morgan fingerprint density at radius 1 is 1.24 bits per heavy atom. The molecule has 0 radical (unpaired) electrons. The molecule has 0 spiro atoms. The molecule has 0 saturated heterocycles. The van der Waals surface area contributed by atoms with Gasteiger partial charge in [-0.2, -0.15) is 0 Å². The monoisotopic (exact) mass is 256 g/mol. The molecule has 5 heteroatoms. The van der Waals surface area contributed by atoms with Crippen molar-refractivity contribution in [2.24, 2.45) is 0 Å². The molecule has 1 aromatic rings. The summed E-state index contributed by atoms with van der Waals surface area (Å²) in [5.74, 6) is 0. The van der Waals surface area contributed by atoms with Gasteiger partial charge in [-0.05, 0) is 39.3 Å². The lowest BCUT2D eigenvalue weighted by atomic mass is 10.1. The molecule has 96 valence electrons. The van der Waals surface area contributed by atoms with Gasteiger partial charge in [0.1, 0.15) is 0 Å². The maximum Gasteiger partial charge on any atom is 0.217 e. The lowest BCUT2D eigenvalue weighted by Gasteiger charge is -2.24. The Hall–Kier alpha value is -1.07. The van der Waals surface area contributed by atoms with Gasteiger partial charge in [-0.15, -0.1) is 0 Å². The summed E-state index contributed by atoms with van der Waals surface area (Å²) in [6.07, 6.45) is 0. The fourth-order valence-corrected chi connectivity index (χ4v) is 2.32. The number of sulfonamides is 1. The molecule has 1 atom stereocenters. The van der Waals surface area contributed by atoms with E-state index in [2.05, 4.69) is 4.72 Å². The molecule has 4 nitrogen and oxygen atoms in total. The predicted molar refractivity (Wildman–Crippen MR) is 71.1 cm³/mol. The van der Waals surface area contributed by atoms with Crippen LogP contribution in [-0.2, 0) is 10.0 Å². The number of anilines is 1. The van der Waals surface area contributed by atoms with Crippen molar-refractivity contribution in [3.8, 4) is 0 Å². The van der Waals surface area contributed by atoms with E-state index in [-0.39, 0.29) is 6.04 Å². The third kappa shape index (κ3) is 3.20. The molecule has 1 rings (SSSR count). The number of rotatable bonds is 3. The molecule has 17 heavy (non-hydrogen) atoms. The quantitative estimate of drug-likeness (QED) is 0.813. The summed E-state index contributed by atoms with van der Waals surface area (Å²) >= 11 is 0. The lowest BCUT2D eigenvalue weighted by molar-refractivity contribution is 0.532. The Bertz CT molecular complexity index is 489. The molecule has 0 aliphatic rings. The molecular weight excluding hydrogens is 236 g/mol. The first-order chi connectivity index (χ1) is 7.65. The first kappa shape index (κ1) is 14.0. The van der Waals surface area contributed by atoms with Crippen molar-refractivity contribution in [2.75, 3.05) is 5.73 Å². The van der Waals surface area contributed by atoms with Crippen LogP contribution < -0.4 is 10.5 Å². The molecule has 3 N–H and O–H groups in total. The van der Waals surface area contributed by atoms with Crippen LogP contribution in [0.15, 0.2) is 24.3 Å². The standard InChI is InChI=1S/C12H20N2O2S/c1-9(10-7-5-6-8-11(10)13)14-17(15,16)12(2,3)4/h5-9,14H,13H2,1-4H3. The summed E-state index contributed by atoms with van der Waals surface area (Å²) in [5.41, 5.74) is 7.20. The zero-order valence-electron chi connectivity index (χ0n) is 10.7. The highest BCUT2D eigenvalue weighted by atomic mass is 32.2. The predicted octanol–water partition coefficient (Wildman–Crippen LogP) is 2.05. The minimum Gasteiger partial charge on any atom is -0.398 e. The van der Waals surface area contributed by atoms with Gasteiger partial charge in [-0.3, -0.25) is 0 Å². The van der Waals surface area contributed by atoms with Crippen LogP contribution in [0.4, 0.5) is 5.69 Å². The van der Waals surface area contributed by atoms with E-state index in [1.54, 1.807) is 33.8 Å². The smallest absolute Gasteiger partial charge is 0.217 e. The number of nitrogens with one attached hydrogen (secondary N) is 1. The molecule has 1 aromatic carbocycles. The second-order valence-electron chi connectivity index (χ2n) is 5.08. The van der Waals surface area contributed by atoms with Crippen molar-refractivity contribution in [3.05, 3.63) is 29.8 Å². The van der Waals surface area contributed by atoms with E-state index in [0.717, 1.165) is 5.56 Å². The normalized spacial score (nSPS) is 14.6. The highest BCUT2D eigenvalue weighted by Crippen LogP contribution is 2.23. The topological polar surface area (TPSA) is 72.2 Å². The van der Waals surface area contributed by atoms with E-state index < -0.39 is 14.8 Å². The molecular formula is C12H20N2O2S. The van der Waals surface area contributed by atoms with E-state index in [1.165, 1.54) is 0 Å². The summed E-state index contributed by atoms with van der Waals surface area (Å²) in [6, 6.07) is 6.92. The van der Waals surface area contributed by atoms with Crippen molar-refractivity contribution in [3.63, 3.8) is 0 Å². The highest BCUT2D eigenvalue weighted by Gasteiger charge is 2.30. The van der Waals surface area contributed by atoms with Crippen LogP contribution in [0.25, 0.3) is 0 Å². The maximum atomic E-state index is 12.0. The zero-order chi connectivity index (χ0) is 13.3. The Kier molecular flexibility index (Phi) is 3.84. The van der Waals surface area contributed by atoms with Gasteiger partial charge in [0.15, 0.2) is 0 Å². The Morgan fingerprint density at radius 3 is 2.24 bits per heavy atom. The van der Waals surface area contributed by atoms with E-state index in [9.17, 15) is 8.42 Å². The average molecular weight is 256 g/mol. The summed E-state index contributed by atoms with van der Waals surface area (Å²) in [6.45, 7) is 6.78. The Morgan fingerprint density at radius 2 is 1.76 bits per heavy atom. The molecule has 0 saturated carbocycles. The first-order valence-corrected chi connectivity index (χ1v) is 7.00. The van der Waals surface area contributed by atoms with Crippen LogP contribution in [0.1, 0.15) is 39.3 Å². The number of nitrogens with two attached hydrogens (primary N) is 1. The Balaban J connectivity index is 2.96. The van der Waals surface area contributed by atoms with Gasteiger partial charge < -0.3 is 5.73 Å². The van der Waals surface area contributed by atoms with Gasteiger partial charge in [0.25, 0.3) is 0 Å². The number of hydrogen-bond donors (Lipinski definition) is 2. The summed E-state index contributed by atoms with van der Waals surface area (Å²) in [4.78, 5) is 0. The van der Waals surface area contributed by atoms with Crippen LogP contribution in [0.3, 0.4) is 0 Å². The second kappa shape index (κ2) is 4.66. The summed E-state index contributed by atoms with van der Waals surface area (Å²) < 4.78 is 25.8. The van der Waals surface area contributed by atoms with Crippen molar-refractivity contribution in [1.82, 2.24) is 4.72 Å². The molecule has 0 fully saturated rings. The number of para-hydroxylation sites is 1. The average Bonchev–Trinajstić information content (AvgIpc) is 2.15. The second-order valence-corrected chi connectivity index (χ2v) is 7.55. The van der Waals surface area contributed by atoms with Crippen LogP contribution in [0, 0.1) is 0 Å². The number of hydrogen-bond acceptors (Lipinski definition) is 3. The Labute approximate surface area is 103 Å². The van der Waals surface area contributed by atoms with Crippen molar-refractivity contribution in [2.45, 2.75) is 38.5 Å². The lowest BCUT2D eigenvalue weighted by Crippen LogP contribution is -2.40. The molecule has 0 aromatic heterocycles. The molecule has 0 aliphatic carbocycles. The molecule has 0 bridgehead atoms. The van der Waals surface area contributed by atoms with Crippen LogP contribution in [0.5, 0.6) is 0 Å². The van der Waals surface area contributed by atoms with E-state index in [4.69, 9.17) is 5.73 Å². The van der Waals surface area contributed by atoms with Gasteiger partial charge >= 0.3 is 0 Å². The van der Waals surface area contributed by atoms with Crippen molar-refractivity contribution < 1.29 is 8.42 Å². The first-order valence-electron chi connectivity index (χ1n) is 5.51. The van der Waals surface area contributed by atoms with Crippen molar-refractivity contribution in [1.29, 1.82) is 0 Å². The minimum absolute atomic E-state index is 0.333. The van der Waals surface area contributed by atoms with Crippen LogP contribution in [0.2, 0.25) is 0 Å². The van der Waals surface area contributed by atoms with Gasteiger partial charge in [-0.25, -0.2) is 13.1 Å². The van der Waals surface area contributed by atoms with Gasteiger partial charge in [0.05, 0.1) is 4.75 Å². The summed E-state index contributed by atoms with van der Waals surface area (Å²) in [5, 5.41) is 0. The van der Waals surface area contributed by atoms with Crippen molar-refractivity contribution >= 4 is 15.7 Å². The van der Waals surface area contributed by atoms with Gasteiger partial charge in [0.2, 0.25) is 10.0 Å². The molecule has 0 aliphatic heterocycles. The zero-order valence-corrected chi connectivity index (χ0v) is 11.5. The summed E-state index contributed by atoms with van der Waals surface area (Å²) in [7, 11) is -3.37. The number of benzene rings is 1. The molecule has 1 unspecified atom stereocenters. The number of nitrogen functional groups attached to an aromatic ring is 1. The fraction of sp³-hybridized carbons (Fsp3) is 0.500. The van der Waals surface area contributed by atoms with E-state index in [0.29, 0.717) is 5.69 Å². The van der Waals surface area contributed by atoms with Crippen LogP contribution in [-0.4, -0.2) is 13.2 Å². The third-order valence-electron chi connectivity index (χ3n) is 2.60. The highest BCUT2D eigenvalue weighted by molar-refractivity contribution is 7.90. The van der Waals surface area contributed by atoms with E-state index in [1.807, 2.05) is 18.2 Å². The molecule has 0 heterocycles. The van der Waals surface area contributed by atoms with Gasteiger partial charge in [0, 0.05) is 11.7 Å².